The van der Waals surface area contributed by atoms with Crippen LogP contribution in [0.5, 0.6) is 0 Å². The molecule has 0 saturated heterocycles. The van der Waals surface area contributed by atoms with Gasteiger partial charge in [-0.3, -0.25) is 0 Å². The summed E-state index contributed by atoms with van der Waals surface area (Å²) in [5.41, 5.74) is 1.15. The van der Waals surface area contributed by atoms with Crippen LogP contribution in [0.15, 0.2) is 46.9 Å². The van der Waals surface area contributed by atoms with Gasteiger partial charge in [-0.05, 0) is 18.1 Å². The number of anilines is 1. The molecule has 1 unspecified atom stereocenters. The first-order valence-corrected chi connectivity index (χ1v) is 5.85. The summed E-state index contributed by atoms with van der Waals surface area (Å²) in [7, 11) is 0. The summed E-state index contributed by atoms with van der Waals surface area (Å²) in [6.07, 6.45) is 0.882. The lowest BCUT2D eigenvalue weighted by molar-refractivity contribution is 0.0663. The smallest absolute Gasteiger partial charge is 0.371 e. The predicted octanol–water partition coefficient (Wildman–Crippen LogP) is 3.54. The van der Waals surface area contributed by atoms with E-state index >= 15 is 0 Å². The Bertz CT molecular complexity index is 519. The zero-order valence-corrected chi connectivity index (χ0v) is 10.1. The van der Waals surface area contributed by atoms with Crippen LogP contribution in [0.2, 0.25) is 0 Å². The average molecular weight is 245 g/mol. The van der Waals surface area contributed by atoms with Crippen molar-refractivity contribution in [2.45, 2.75) is 19.4 Å². The van der Waals surface area contributed by atoms with E-state index < -0.39 is 5.97 Å². The summed E-state index contributed by atoms with van der Waals surface area (Å²) in [6, 6.07) is 13.2. The molecule has 0 saturated carbocycles. The Morgan fingerprint density at radius 3 is 2.56 bits per heavy atom. The zero-order chi connectivity index (χ0) is 13.0. The van der Waals surface area contributed by atoms with Crippen molar-refractivity contribution in [2.24, 2.45) is 0 Å². The first kappa shape index (κ1) is 12.2. The van der Waals surface area contributed by atoms with Gasteiger partial charge in [0.05, 0.1) is 6.04 Å². The number of nitrogens with one attached hydrogen (secondary N) is 1. The topological polar surface area (TPSA) is 62.5 Å². The molecule has 2 N–H and O–H groups in total. The number of rotatable bonds is 5. The maximum atomic E-state index is 10.7. The zero-order valence-electron chi connectivity index (χ0n) is 10.1. The molecule has 2 aromatic rings. The first-order valence-electron chi connectivity index (χ1n) is 5.85. The Morgan fingerprint density at radius 1 is 1.28 bits per heavy atom. The van der Waals surface area contributed by atoms with E-state index in [-0.39, 0.29) is 11.8 Å². The normalized spacial score (nSPS) is 12.1. The summed E-state index contributed by atoms with van der Waals surface area (Å²) in [5, 5.41) is 12.0. The number of furan rings is 1. The van der Waals surface area contributed by atoms with Gasteiger partial charge in [-0.1, -0.05) is 37.3 Å². The third kappa shape index (κ3) is 2.71. The molecular weight excluding hydrogens is 230 g/mol. The summed E-state index contributed by atoms with van der Waals surface area (Å²) in [4.78, 5) is 10.7. The van der Waals surface area contributed by atoms with Crippen LogP contribution >= 0.6 is 0 Å². The van der Waals surface area contributed by atoms with Crippen LogP contribution in [-0.4, -0.2) is 11.1 Å². The van der Waals surface area contributed by atoms with Gasteiger partial charge < -0.3 is 14.8 Å². The molecule has 0 aliphatic carbocycles. The molecule has 94 valence electrons. The monoisotopic (exact) mass is 245 g/mol. The highest BCUT2D eigenvalue weighted by atomic mass is 16.4. The largest absolute Gasteiger partial charge is 0.475 e. The van der Waals surface area contributed by atoms with Gasteiger partial charge in [0, 0.05) is 6.07 Å². The van der Waals surface area contributed by atoms with Crippen LogP contribution in [0, 0.1) is 0 Å². The summed E-state index contributed by atoms with van der Waals surface area (Å²) in [6.45, 7) is 2.06. The van der Waals surface area contributed by atoms with Crippen molar-refractivity contribution in [3.63, 3.8) is 0 Å². The molecule has 1 aromatic heterocycles. The Labute approximate surface area is 105 Å². The van der Waals surface area contributed by atoms with Crippen molar-refractivity contribution in [1.29, 1.82) is 0 Å². The summed E-state index contributed by atoms with van der Waals surface area (Å²) >= 11 is 0. The number of hydrogen-bond donors (Lipinski definition) is 2. The Hall–Kier alpha value is -2.23. The van der Waals surface area contributed by atoms with Gasteiger partial charge in [-0.2, -0.15) is 0 Å². The number of carbonyl (C=O) groups is 1. The first-order chi connectivity index (χ1) is 8.70. The molecule has 0 fully saturated rings. The van der Waals surface area contributed by atoms with E-state index in [0.29, 0.717) is 5.88 Å². The molecule has 1 heterocycles. The van der Waals surface area contributed by atoms with Crippen LogP contribution in [0.25, 0.3) is 0 Å². The molecule has 1 aromatic carbocycles. The van der Waals surface area contributed by atoms with Gasteiger partial charge in [0.15, 0.2) is 5.88 Å². The minimum absolute atomic E-state index is 0.0552. The molecule has 4 heteroatoms. The number of hydrogen-bond acceptors (Lipinski definition) is 3. The molecule has 0 aliphatic rings. The number of benzene rings is 1. The summed E-state index contributed by atoms with van der Waals surface area (Å²) < 4.78 is 5.19. The van der Waals surface area contributed by atoms with Crippen LogP contribution in [0.4, 0.5) is 5.88 Å². The lowest BCUT2D eigenvalue weighted by Gasteiger charge is -2.16. The Balaban J connectivity index is 2.13. The minimum atomic E-state index is -1.06. The number of carboxylic acids is 1. The van der Waals surface area contributed by atoms with Gasteiger partial charge in [0.1, 0.15) is 0 Å². The quantitative estimate of drug-likeness (QED) is 0.845. The van der Waals surface area contributed by atoms with Gasteiger partial charge >= 0.3 is 5.97 Å². The van der Waals surface area contributed by atoms with Gasteiger partial charge in [-0.15, -0.1) is 0 Å². The lowest BCUT2D eigenvalue weighted by Crippen LogP contribution is -2.08. The second kappa shape index (κ2) is 5.40. The lowest BCUT2D eigenvalue weighted by atomic mass is 10.1. The Kier molecular flexibility index (Phi) is 3.67. The van der Waals surface area contributed by atoms with Gasteiger partial charge in [0.25, 0.3) is 0 Å². The maximum absolute atomic E-state index is 10.7. The Morgan fingerprint density at radius 2 is 2.00 bits per heavy atom. The molecule has 0 radical (unpaired) electrons. The van der Waals surface area contributed by atoms with Crippen molar-refractivity contribution in [3.05, 3.63) is 53.8 Å². The highest BCUT2D eigenvalue weighted by molar-refractivity contribution is 5.84. The fourth-order valence-corrected chi connectivity index (χ4v) is 1.81. The van der Waals surface area contributed by atoms with Gasteiger partial charge in [-0.25, -0.2) is 4.79 Å². The fourth-order valence-electron chi connectivity index (χ4n) is 1.81. The van der Waals surface area contributed by atoms with Gasteiger partial charge in [0.2, 0.25) is 5.76 Å². The van der Waals surface area contributed by atoms with E-state index in [1.165, 1.54) is 6.07 Å². The highest BCUT2D eigenvalue weighted by Gasteiger charge is 2.13. The molecule has 1 atom stereocenters. The maximum Gasteiger partial charge on any atom is 0.371 e. The predicted molar refractivity (Wildman–Crippen MR) is 68.8 cm³/mol. The molecule has 18 heavy (non-hydrogen) atoms. The van der Waals surface area contributed by atoms with Crippen LogP contribution in [-0.2, 0) is 0 Å². The molecule has 0 aliphatic heterocycles. The standard InChI is InChI=1S/C14H15NO3/c1-2-11(10-6-4-3-5-7-10)15-13-9-8-12(18-13)14(16)17/h3-9,11,15H,2H2,1H3,(H,16,17). The van der Waals surface area contributed by atoms with Crippen molar-refractivity contribution in [1.82, 2.24) is 0 Å². The highest BCUT2D eigenvalue weighted by Crippen LogP contribution is 2.23. The SMILES string of the molecule is CCC(Nc1ccc(C(=O)O)o1)c1ccccc1. The average Bonchev–Trinajstić information content (AvgIpc) is 2.86. The van der Waals surface area contributed by atoms with E-state index in [1.807, 2.05) is 30.3 Å². The third-order valence-electron chi connectivity index (χ3n) is 2.74. The van der Waals surface area contributed by atoms with E-state index in [9.17, 15) is 4.79 Å². The number of aromatic carboxylic acids is 1. The molecular formula is C14H15NO3. The molecule has 2 rings (SSSR count). The fraction of sp³-hybridized carbons (Fsp3) is 0.214. The second-order valence-corrected chi connectivity index (χ2v) is 3.98. The van der Waals surface area contributed by atoms with Crippen molar-refractivity contribution >= 4 is 11.9 Å². The van der Waals surface area contributed by atoms with E-state index in [4.69, 9.17) is 9.52 Å². The van der Waals surface area contributed by atoms with E-state index in [1.54, 1.807) is 6.07 Å². The van der Waals surface area contributed by atoms with Crippen molar-refractivity contribution < 1.29 is 14.3 Å². The van der Waals surface area contributed by atoms with Crippen molar-refractivity contribution in [2.75, 3.05) is 5.32 Å². The van der Waals surface area contributed by atoms with Crippen LogP contribution < -0.4 is 5.32 Å². The number of carboxylic acid groups (broad SMARTS) is 1. The molecule has 4 nitrogen and oxygen atoms in total. The van der Waals surface area contributed by atoms with Crippen LogP contribution in [0.3, 0.4) is 0 Å². The van der Waals surface area contributed by atoms with E-state index in [0.717, 1.165) is 12.0 Å². The second-order valence-electron chi connectivity index (χ2n) is 3.98. The molecule has 0 bridgehead atoms. The molecule has 0 spiro atoms. The minimum Gasteiger partial charge on any atom is -0.475 e. The van der Waals surface area contributed by atoms with E-state index in [2.05, 4.69) is 12.2 Å². The summed E-state index contributed by atoms with van der Waals surface area (Å²) in [5.74, 6) is -0.640. The van der Waals surface area contributed by atoms with Crippen LogP contribution in [0.1, 0.15) is 35.5 Å². The van der Waals surface area contributed by atoms with Crippen molar-refractivity contribution in [3.8, 4) is 0 Å². The third-order valence-corrected chi connectivity index (χ3v) is 2.74. The molecule has 0 amide bonds.